The first kappa shape index (κ1) is 12.3. The van der Waals surface area contributed by atoms with Crippen molar-refractivity contribution in [3.8, 4) is 16.5 Å². The van der Waals surface area contributed by atoms with Crippen molar-refractivity contribution in [2.24, 2.45) is 0 Å². The molecule has 3 aromatic heterocycles. The van der Waals surface area contributed by atoms with Crippen LogP contribution in [0.5, 0.6) is 5.88 Å². The number of hydrogen-bond donors (Lipinski definition) is 1. The van der Waals surface area contributed by atoms with Crippen LogP contribution in [0, 0.1) is 0 Å². The molecular formula is C11H7BrN2OS3. The molecule has 0 saturated heterocycles. The van der Waals surface area contributed by atoms with Gasteiger partial charge in [0, 0.05) is 9.85 Å². The lowest BCUT2D eigenvalue weighted by atomic mass is 10.4. The smallest absolute Gasteiger partial charge is 0.222 e. The maximum Gasteiger partial charge on any atom is 0.222 e. The fraction of sp³-hybridized carbons (Fsp3) is 0.0909. The number of aromatic nitrogens is 2. The molecule has 3 nitrogen and oxygen atoms in total. The Morgan fingerprint density at radius 3 is 2.56 bits per heavy atom. The number of thiophene rings is 1. The molecule has 1 N–H and O–H groups in total. The zero-order valence-corrected chi connectivity index (χ0v) is 13.0. The Labute approximate surface area is 124 Å². The maximum absolute atomic E-state index is 9.20. The Morgan fingerprint density at radius 1 is 1.11 bits per heavy atom. The summed E-state index contributed by atoms with van der Waals surface area (Å²) < 4.78 is 1.08. The van der Waals surface area contributed by atoms with Crippen molar-refractivity contribution in [3.63, 3.8) is 0 Å². The second-order valence-electron chi connectivity index (χ2n) is 3.50. The lowest BCUT2D eigenvalue weighted by molar-refractivity contribution is 0.456. The number of rotatable bonds is 3. The zero-order chi connectivity index (χ0) is 12.5. The van der Waals surface area contributed by atoms with Crippen molar-refractivity contribution in [1.82, 2.24) is 9.97 Å². The number of halogens is 1. The van der Waals surface area contributed by atoms with Crippen LogP contribution in [0.4, 0.5) is 0 Å². The lowest BCUT2D eigenvalue weighted by Gasteiger charge is -1.92. The van der Waals surface area contributed by atoms with Crippen LogP contribution in [0.15, 0.2) is 26.7 Å². The molecule has 0 bridgehead atoms. The number of nitrogens with zero attached hydrogens (tertiary/aromatic N) is 2. The minimum absolute atomic E-state index is 0.0905. The molecule has 0 saturated carbocycles. The van der Waals surface area contributed by atoms with Crippen LogP contribution in [0.3, 0.4) is 0 Å². The summed E-state index contributed by atoms with van der Waals surface area (Å²) in [6, 6.07) is 2.03. The SMILES string of the molecule is Oc1csc(Cc2nc(-c3sccc3Br)cs2)n1. The molecule has 3 aromatic rings. The van der Waals surface area contributed by atoms with Crippen LogP contribution in [0.1, 0.15) is 10.0 Å². The quantitative estimate of drug-likeness (QED) is 0.755. The Balaban J connectivity index is 1.84. The van der Waals surface area contributed by atoms with Crippen LogP contribution in [0.2, 0.25) is 0 Å². The second kappa shape index (κ2) is 5.08. The molecule has 0 aromatic carbocycles. The molecule has 18 heavy (non-hydrogen) atoms. The van der Waals surface area contributed by atoms with Crippen LogP contribution in [0.25, 0.3) is 10.6 Å². The molecule has 3 rings (SSSR count). The molecule has 0 amide bonds. The van der Waals surface area contributed by atoms with Gasteiger partial charge in [-0.1, -0.05) is 0 Å². The first-order valence-electron chi connectivity index (χ1n) is 5.03. The van der Waals surface area contributed by atoms with Crippen LogP contribution in [-0.2, 0) is 6.42 Å². The fourth-order valence-corrected chi connectivity index (χ4v) is 4.64. The summed E-state index contributed by atoms with van der Waals surface area (Å²) in [5.41, 5.74) is 0.998. The average Bonchev–Trinajstić information content (AvgIpc) is 3.02. The van der Waals surface area contributed by atoms with Crippen molar-refractivity contribution in [2.45, 2.75) is 6.42 Å². The summed E-state index contributed by atoms with van der Waals surface area (Å²) in [6.07, 6.45) is 0.679. The number of thiazole rings is 2. The number of aromatic hydroxyl groups is 1. The summed E-state index contributed by atoms with van der Waals surface area (Å²) in [6.45, 7) is 0. The van der Waals surface area contributed by atoms with E-state index in [4.69, 9.17) is 0 Å². The van der Waals surface area contributed by atoms with Gasteiger partial charge in [0.25, 0.3) is 0 Å². The molecule has 92 valence electrons. The Morgan fingerprint density at radius 2 is 1.89 bits per heavy atom. The molecule has 0 aliphatic rings. The van der Waals surface area contributed by atoms with Crippen molar-refractivity contribution < 1.29 is 5.11 Å². The summed E-state index contributed by atoms with van der Waals surface area (Å²) in [5.74, 6) is 0.0905. The molecule has 0 spiro atoms. The van der Waals surface area contributed by atoms with E-state index >= 15 is 0 Å². The Hall–Kier alpha value is -0.760. The summed E-state index contributed by atoms with van der Waals surface area (Å²) >= 11 is 8.26. The minimum atomic E-state index is 0.0905. The number of hydrogen-bond acceptors (Lipinski definition) is 6. The fourth-order valence-electron chi connectivity index (χ4n) is 1.48. The minimum Gasteiger partial charge on any atom is -0.493 e. The Kier molecular flexibility index (Phi) is 3.47. The molecule has 3 heterocycles. The van der Waals surface area contributed by atoms with Crippen LogP contribution >= 0.6 is 49.9 Å². The molecule has 0 atom stereocenters. The van der Waals surface area contributed by atoms with Gasteiger partial charge >= 0.3 is 0 Å². The van der Waals surface area contributed by atoms with E-state index in [0.29, 0.717) is 6.42 Å². The highest BCUT2D eigenvalue weighted by Gasteiger charge is 2.11. The van der Waals surface area contributed by atoms with Gasteiger partial charge in [-0.2, -0.15) is 0 Å². The summed E-state index contributed by atoms with van der Waals surface area (Å²) in [4.78, 5) is 9.78. The zero-order valence-electron chi connectivity index (χ0n) is 8.96. The third-order valence-electron chi connectivity index (χ3n) is 2.24. The van der Waals surface area contributed by atoms with E-state index < -0.39 is 0 Å². The third-order valence-corrected chi connectivity index (χ3v) is 5.79. The van der Waals surface area contributed by atoms with Gasteiger partial charge in [0.15, 0.2) is 0 Å². The van der Waals surface area contributed by atoms with E-state index in [1.807, 2.05) is 11.4 Å². The highest BCUT2D eigenvalue weighted by atomic mass is 79.9. The standard InChI is InChI=1S/C11H7BrN2OS3/c12-6-1-2-16-11(6)7-4-17-9(13-7)3-10-14-8(15)5-18-10/h1-2,4-5,15H,3H2. The lowest BCUT2D eigenvalue weighted by Crippen LogP contribution is -1.85. The molecule has 0 aliphatic carbocycles. The van der Waals surface area contributed by atoms with E-state index in [9.17, 15) is 5.11 Å². The largest absolute Gasteiger partial charge is 0.493 e. The highest BCUT2D eigenvalue weighted by Crippen LogP contribution is 2.34. The molecule has 0 fully saturated rings. The van der Waals surface area contributed by atoms with Gasteiger partial charge in [0.05, 0.1) is 22.4 Å². The van der Waals surface area contributed by atoms with E-state index in [1.165, 1.54) is 11.3 Å². The second-order valence-corrected chi connectivity index (χ2v) is 7.16. The highest BCUT2D eigenvalue weighted by molar-refractivity contribution is 9.10. The topological polar surface area (TPSA) is 46.0 Å². The average molecular weight is 359 g/mol. The van der Waals surface area contributed by atoms with Gasteiger partial charge < -0.3 is 5.11 Å². The monoisotopic (exact) mass is 358 g/mol. The van der Waals surface area contributed by atoms with Crippen LogP contribution in [-0.4, -0.2) is 15.1 Å². The third kappa shape index (κ3) is 2.49. The molecule has 0 aliphatic heterocycles. The summed E-state index contributed by atoms with van der Waals surface area (Å²) in [5, 5.41) is 16.8. The predicted molar refractivity (Wildman–Crippen MR) is 79.7 cm³/mol. The van der Waals surface area contributed by atoms with E-state index in [-0.39, 0.29) is 5.88 Å². The van der Waals surface area contributed by atoms with Crippen molar-refractivity contribution in [3.05, 3.63) is 36.7 Å². The predicted octanol–water partition coefficient (Wildman–Crippen LogP) is 4.39. The van der Waals surface area contributed by atoms with Gasteiger partial charge in [0.2, 0.25) is 5.88 Å². The van der Waals surface area contributed by atoms with Gasteiger partial charge in [-0.05, 0) is 27.4 Å². The van der Waals surface area contributed by atoms with Crippen molar-refractivity contribution >= 4 is 49.9 Å². The van der Waals surface area contributed by atoms with E-state index in [2.05, 4.69) is 31.3 Å². The van der Waals surface area contributed by atoms with Gasteiger partial charge in [-0.3, -0.25) is 0 Å². The normalized spacial score (nSPS) is 10.9. The molecule has 7 heteroatoms. The maximum atomic E-state index is 9.20. The molecule has 0 radical (unpaired) electrons. The Bertz CT molecular complexity index is 673. The first-order valence-corrected chi connectivity index (χ1v) is 8.46. The van der Waals surface area contributed by atoms with Gasteiger partial charge in [-0.15, -0.1) is 34.0 Å². The first-order chi connectivity index (χ1) is 8.72. The van der Waals surface area contributed by atoms with E-state index in [0.717, 1.165) is 25.1 Å². The van der Waals surface area contributed by atoms with Gasteiger partial charge in [0.1, 0.15) is 10.0 Å². The van der Waals surface area contributed by atoms with Gasteiger partial charge in [-0.25, -0.2) is 9.97 Å². The van der Waals surface area contributed by atoms with Crippen molar-refractivity contribution in [2.75, 3.05) is 0 Å². The van der Waals surface area contributed by atoms with Crippen molar-refractivity contribution in [1.29, 1.82) is 0 Å². The van der Waals surface area contributed by atoms with E-state index in [1.54, 1.807) is 28.1 Å². The molecule has 0 unspecified atom stereocenters. The molecular weight excluding hydrogens is 352 g/mol. The summed E-state index contributed by atoms with van der Waals surface area (Å²) in [7, 11) is 0. The van der Waals surface area contributed by atoms with Crippen LogP contribution < -0.4 is 0 Å².